The van der Waals surface area contributed by atoms with Gasteiger partial charge in [-0.3, -0.25) is 0 Å². The van der Waals surface area contributed by atoms with Crippen LogP contribution < -0.4 is 9.47 Å². The summed E-state index contributed by atoms with van der Waals surface area (Å²) >= 11 is 5.34. The summed E-state index contributed by atoms with van der Waals surface area (Å²) in [5.41, 5.74) is 2.88. The third-order valence-electron chi connectivity index (χ3n) is 4.51. The van der Waals surface area contributed by atoms with E-state index >= 15 is 0 Å². The van der Waals surface area contributed by atoms with E-state index in [0.29, 0.717) is 35.3 Å². The molecule has 156 valence electrons. The van der Waals surface area contributed by atoms with Gasteiger partial charge in [0, 0.05) is 5.56 Å². The first kappa shape index (κ1) is 20.6. The van der Waals surface area contributed by atoms with Crippen molar-refractivity contribution in [1.29, 1.82) is 0 Å². The molecule has 1 aromatic heterocycles. The van der Waals surface area contributed by atoms with Crippen molar-refractivity contribution in [2.45, 2.75) is 13.5 Å². The van der Waals surface area contributed by atoms with Crippen molar-refractivity contribution in [3.8, 4) is 22.9 Å². The molecule has 4 aromatic rings. The van der Waals surface area contributed by atoms with Crippen molar-refractivity contribution >= 4 is 18.4 Å². The van der Waals surface area contributed by atoms with Crippen molar-refractivity contribution in [2.75, 3.05) is 6.61 Å². The lowest BCUT2D eigenvalue weighted by Crippen LogP contribution is -2.01. The van der Waals surface area contributed by atoms with Crippen LogP contribution in [0.1, 0.15) is 18.1 Å². The summed E-state index contributed by atoms with van der Waals surface area (Å²) < 4.78 is 13.8. The Hall–Kier alpha value is -3.71. The minimum atomic E-state index is 0.419. The summed E-state index contributed by atoms with van der Waals surface area (Å²) in [6.07, 6.45) is 1.72. The molecule has 0 saturated heterocycles. The van der Waals surface area contributed by atoms with E-state index in [1.165, 1.54) is 0 Å². The third kappa shape index (κ3) is 5.07. The Morgan fingerprint density at radius 2 is 1.71 bits per heavy atom. The van der Waals surface area contributed by atoms with Crippen LogP contribution in [-0.4, -0.2) is 27.7 Å². The Labute approximate surface area is 185 Å². The summed E-state index contributed by atoms with van der Waals surface area (Å²) in [5.74, 6) is 2.00. The van der Waals surface area contributed by atoms with E-state index in [9.17, 15) is 0 Å². The predicted molar refractivity (Wildman–Crippen MR) is 124 cm³/mol. The summed E-state index contributed by atoms with van der Waals surface area (Å²) in [7, 11) is 0. The number of aromatic nitrogens is 3. The van der Waals surface area contributed by atoms with Crippen LogP contribution in [0.5, 0.6) is 11.5 Å². The highest BCUT2D eigenvalue weighted by molar-refractivity contribution is 7.71. The number of aromatic amines is 1. The molecule has 0 unspecified atom stereocenters. The molecule has 0 atom stereocenters. The number of nitrogens with zero attached hydrogens (tertiary/aromatic N) is 3. The SMILES string of the molecule is CCOc1cc(/C=N\n2c(-c3ccccc3)n[nH]c2=S)ccc1OCc1ccccc1. The monoisotopic (exact) mass is 430 g/mol. The Morgan fingerprint density at radius 3 is 2.45 bits per heavy atom. The molecule has 1 N–H and O–H groups in total. The van der Waals surface area contributed by atoms with Crippen LogP contribution in [-0.2, 0) is 6.61 Å². The lowest BCUT2D eigenvalue weighted by molar-refractivity contribution is 0.269. The van der Waals surface area contributed by atoms with Gasteiger partial charge in [0.25, 0.3) is 0 Å². The topological polar surface area (TPSA) is 64.4 Å². The molecule has 7 heteroatoms. The summed E-state index contributed by atoms with van der Waals surface area (Å²) in [6.45, 7) is 2.95. The molecule has 0 aliphatic heterocycles. The van der Waals surface area contributed by atoms with Gasteiger partial charge in [0.2, 0.25) is 4.77 Å². The number of H-pyrrole nitrogens is 1. The first-order valence-corrected chi connectivity index (χ1v) is 10.4. The van der Waals surface area contributed by atoms with E-state index in [2.05, 4.69) is 15.3 Å². The standard InChI is InChI=1S/C24H22N4O2S/c1-2-29-22-15-19(13-14-21(22)30-17-18-9-5-3-6-10-18)16-25-28-23(26-27-24(28)31)20-11-7-4-8-12-20/h3-16H,2,17H2,1H3,(H,27,31)/b25-16-. The first-order chi connectivity index (χ1) is 15.2. The number of benzene rings is 3. The maximum Gasteiger partial charge on any atom is 0.216 e. The molecule has 0 fully saturated rings. The van der Waals surface area contributed by atoms with E-state index in [-0.39, 0.29) is 0 Å². The zero-order valence-corrected chi connectivity index (χ0v) is 17.9. The van der Waals surface area contributed by atoms with Crippen LogP contribution in [0.3, 0.4) is 0 Å². The average Bonchev–Trinajstić information content (AvgIpc) is 3.19. The molecule has 1 heterocycles. The van der Waals surface area contributed by atoms with Crippen LogP contribution in [0, 0.1) is 4.77 Å². The van der Waals surface area contributed by atoms with Gasteiger partial charge in [-0.25, -0.2) is 5.10 Å². The van der Waals surface area contributed by atoms with Gasteiger partial charge < -0.3 is 9.47 Å². The Balaban J connectivity index is 1.57. The lowest BCUT2D eigenvalue weighted by Gasteiger charge is -2.12. The number of hydrogen-bond donors (Lipinski definition) is 1. The van der Waals surface area contributed by atoms with Crippen LogP contribution in [0.15, 0.2) is 84.0 Å². The highest BCUT2D eigenvalue weighted by Gasteiger charge is 2.09. The first-order valence-electron chi connectivity index (χ1n) is 9.95. The van der Waals surface area contributed by atoms with Crippen molar-refractivity contribution < 1.29 is 9.47 Å². The highest BCUT2D eigenvalue weighted by Crippen LogP contribution is 2.29. The molecule has 4 rings (SSSR count). The maximum absolute atomic E-state index is 5.97. The van der Waals surface area contributed by atoms with E-state index in [0.717, 1.165) is 16.7 Å². The second-order valence-electron chi connectivity index (χ2n) is 6.69. The van der Waals surface area contributed by atoms with Gasteiger partial charge in [0.15, 0.2) is 17.3 Å². The van der Waals surface area contributed by atoms with Crippen molar-refractivity contribution in [3.63, 3.8) is 0 Å². The second-order valence-corrected chi connectivity index (χ2v) is 7.07. The molecule has 0 bridgehead atoms. The molecule has 3 aromatic carbocycles. The molecule has 6 nitrogen and oxygen atoms in total. The number of hydrogen-bond acceptors (Lipinski definition) is 5. The second kappa shape index (κ2) is 9.86. The zero-order chi connectivity index (χ0) is 21.5. The Bertz CT molecular complexity index is 1220. The van der Waals surface area contributed by atoms with E-state index < -0.39 is 0 Å². The smallest absolute Gasteiger partial charge is 0.216 e. The van der Waals surface area contributed by atoms with E-state index in [4.69, 9.17) is 21.7 Å². The van der Waals surface area contributed by atoms with Gasteiger partial charge in [-0.05, 0) is 48.5 Å². The van der Waals surface area contributed by atoms with Crippen molar-refractivity contribution in [2.24, 2.45) is 5.10 Å². The summed E-state index contributed by atoms with van der Waals surface area (Å²) in [5, 5.41) is 11.6. The van der Waals surface area contributed by atoms with Crippen LogP contribution in [0.25, 0.3) is 11.4 Å². The lowest BCUT2D eigenvalue weighted by atomic mass is 10.2. The molecule has 31 heavy (non-hydrogen) atoms. The average molecular weight is 431 g/mol. The summed E-state index contributed by atoms with van der Waals surface area (Å²) in [4.78, 5) is 0. The fourth-order valence-corrected chi connectivity index (χ4v) is 3.20. The highest BCUT2D eigenvalue weighted by atomic mass is 32.1. The van der Waals surface area contributed by atoms with Crippen LogP contribution >= 0.6 is 12.2 Å². The third-order valence-corrected chi connectivity index (χ3v) is 4.77. The van der Waals surface area contributed by atoms with Gasteiger partial charge in [-0.2, -0.15) is 14.9 Å². The van der Waals surface area contributed by atoms with Gasteiger partial charge in [0.05, 0.1) is 12.8 Å². The van der Waals surface area contributed by atoms with Gasteiger partial charge >= 0.3 is 0 Å². The molecule has 0 aliphatic carbocycles. The minimum Gasteiger partial charge on any atom is -0.490 e. The minimum absolute atomic E-state index is 0.419. The maximum atomic E-state index is 5.97. The molecular formula is C24H22N4O2S. The summed E-state index contributed by atoms with van der Waals surface area (Å²) in [6, 6.07) is 25.5. The molecule has 0 amide bonds. The number of nitrogens with one attached hydrogen (secondary N) is 1. The quantitative estimate of drug-likeness (QED) is 0.297. The van der Waals surface area contributed by atoms with Gasteiger partial charge in [-0.15, -0.1) is 0 Å². The molecule has 0 spiro atoms. The van der Waals surface area contributed by atoms with Gasteiger partial charge in [0.1, 0.15) is 6.61 Å². The predicted octanol–water partition coefficient (Wildman–Crippen LogP) is 5.47. The largest absolute Gasteiger partial charge is 0.490 e. The van der Waals surface area contributed by atoms with Gasteiger partial charge in [-0.1, -0.05) is 60.7 Å². The Morgan fingerprint density at radius 1 is 0.968 bits per heavy atom. The molecular weight excluding hydrogens is 408 g/mol. The van der Waals surface area contributed by atoms with E-state index in [1.807, 2.05) is 85.8 Å². The fraction of sp³-hybridized carbons (Fsp3) is 0.125. The molecule has 0 aliphatic rings. The molecule has 0 radical (unpaired) electrons. The fourth-order valence-electron chi connectivity index (χ4n) is 3.03. The Kier molecular flexibility index (Phi) is 6.54. The molecule has 0 saturated carbocycles. The van der Waals surface area contributed by atoms with E-state index in [1.54, 1.807) is 10.9 Å². The van der Waals surface area contributed by atoms with Crippen LogP contribution in [0.2, 0.25) is 0 Å². The van der Waals surface area contributed by atoms with Crippen molar-refractivity contribution in [3.05, 3.63) is 94.8 Å². The zero-order valence-electron chi connectivity index (χ0n) is 17.1. The van der Waals surface area contributed by atoms with Crippen LogP contribution in [0.4, 0.5) is 0 Å². The number of rotatable bonds is 8. The van der Waals surface area contributed by atoms with Crippen molar-refractivity contribution in [1.82, 2.24) is 14.9 Å². The normalized spacial score (nSPS) is 11.0. The number of ether oxygens (including phenoxy) is 2.